The van der Waals surface area contributed by atoms with Crippen LogP contribution in [0, 0.1) is 29.3 Å². The van der Waals surface area contributed by atoms with Gasteiger partial charge in [-0.1, -0.05) is 38.0 Å². The van der Waals surface area contributed by atoms with Gasteiger partial charge in [-0.15, -0.1) is 0 Å². The summed E-state index contributed by atoms with van der Waals surface area (Å²) < 4.78 is 38.3. The zero-order valence-corrected chi connectivity index (χ0v) is 9.82. The number of rotatable bonds is 4. The van der Waals surface area contributed by atoms with Crippen LogP contribution in [0.3, 0.4) is 0 Å². The summed E-state index contributed by atoms with van der Waals surface area (Å²) in [5.41, 5.74) is 0.178. The lowest BCUT2D eigenvalue weighted by molar-refractivity contribution is 0.446. The van der Waals surface area contributed by atoms with Gasteiger partial charge in [0.25, 0.3) is 0 Å². The third kappa shape index (κ3) is 4.52. The molecule has 1 aromatic carbocycles. The average Bonchev–Trinajstić information content (AvgIpc) is 2.30. The van der Waals surface area contributed by atoms with Crippen molar-refractivity contribution in [1.29, 1.82) is 0 Å². The molecular formula is C14H15F3. The van der Waals surface area contributed by atoms with Crippen LogP contribution in [0.5, 0.6) is 0 Å². The van der Waals surface area contributed by atoms with Gasteiger partial charge in [-0.2, -0.15) is 0 Å². The maximum absolute atomic E-state index is 12.8. The Morgan fingerprint density at radius 1 is 1.00 bits per heavy atom. The van der Waals surface area contributed by atoms with Crippen LogP contribution in [0.1, 0.15) is 44.6 Å². The molecule has 0 nitrogen and oxygen atoms in total. The van der Waals surface area contributed by atoms with E-state index in [0.717, 1.165) is 31.4 Å². The number of hydrogen-bond acceptors (Lipinski definition) is 0. The molecule has 0 fully saturated rings. The monoisotopic (exact) mass is 240 g/mol. The molecule has 0 unspecified atom stereocenters. The molecule has 0 N–H and O–H groups in total. The van der Waals surface area contributed by atoms with Gasteiger partial charge < -0.3 is 0 Å². The van der Waals surface area contributed by atoms with Crippen molar-refractivity contribution < 1.29 is 13.2 Å². The summed E-state index contributed by atoms with van der Waals surface area (Å²) in [5.74, 6) is 1.63. The first kappa shape index (κ1) is 13.6. The highest BCUT2D eigenvalue weighted by Gasteiger charge is 2.08. The summed E-state index contributed by atoms with van der Waals surface area (Å²) in [7, 11) is 0. The third-order valence-electron chi connectivity index (χ3n) is 2.37. The number of halogens is 3. The van der Waals surface area contributed by atoms with E-state index in [0.29, 0.717) is 6.42 Å². The molecule has 0 amide bonds. The average molecular weight is 240 g/mol. The summed E-state index contributed by atoms with van der Waals surface area (Å²) in [4.78, 5) is 0. The van der Waals surface area contributed by atoms with Crippen molar-refractivity contribution in [3.8, 4) is 11.8 Å². The number of benzene rings is 1. The van der Waals surface area contributed by atoms with E-state index in [9.17, 15) is 13.2 Å². The molecule has 0 heterocycles. The second kappa shape index (κ2) is 7.01. The lowest BCUT2D eigenvalue weighted by atomic mass is 10.1. The molecule has 0 saturated carbocycles. The molecule has 0 spiro atoms. The van der Waals surface area contributed by atoms with Crippen LogP contribution in [0.2, 0.25) is 0 Å². The van der Waals surface area contributed by atoms with Gasteiger partial charge in [0.1, 0.15) is 0 Å². The quantitative estimate of drug-likeness (QED) is 0.415. The van der Waals surface area contributed by atoms with Gasteiger partial charge in [0.15, 0.2) is 17.5 Å². The Labute approximate surface area is 99.8 Å². The first-order chi connectivity index (χ1) is 8.15. The molecule has 0 atom stereocenters. The molecule has 0 aliphatic carbocycles. The number of unbranched alkanes of at least 4 members (excludes halogenated alkanes) is 4. The highest BCUT2D eigenvalue weighted by molar-refractivity contribution is 5.35. The van der Waals surface area contributed by atoms with Crippen molar-refractivity contribution in [2.45, 2.75) is 39.0 Å². The van der Waals surface area contributed by atoms with Gasteiger partial charge in [0.05, 0.1) is 0 Å². The topological polar surface area (TPSA) is 0 Å². The largest absolute Gasteiger partial charge is 0.204 e. The standard InChI is InChI=1S/C14H15F3/c1-2-3-4-5-6-7-8-11-9-12(15)14(17)13(16)10-11/h9-10H,2-6H2,1H3. The van der Waals surface area contributed by atoms with Gasteiger partial charge in [0, 0.05) is 12.0 Å². The SMILES string of the molecule is CCCCCCC#Cc1cc(F)c(F)c(F)c1. The highest BCUT2D eigenvalue weighted by Crippen LogP contribution is 2.12. The van der Waals surface area contributed by atoms with E-state index in [-0.39, 0.29) is 5.56 Å². The fourth-order valence-electron chi connectivity index (χ4n) is 1.43. The fourth-order valence-corrected chi connectivity index (χ4v) is 1.43. The minimum absolute atomic E-state index is 0.178. The molecule has 0 aromatic heterocycles. The van der Waals surface area contributed by atoms with Crippen LogP contribution in [0.15, 0.2) is 12.1 Å². The molecule has 0 saturated heterocycles. The van der Waals surface area contributed by atoms with Gasteiger partial charge in [-0.25, -0.2) is 13.2 Å². The van der Waals surface area contributed by atoms with Crippen LogP contribution >= 0.6 is 0 Å². The number of hydrogen-bond donors (Lipinski definition) is 0. The van der Waals surface area contributed by atoms with Crippen molar-refractivity contribution in [2.24, 2.45) is 0 Å². The van der Waals surface area contributed by atoms with Crippen molar-refractivity contribution in [3.63, 3.8) is 0 Å². The molecule has 0 aliphatic rings. The molecule has 17 heavy (non-hydrogen) atoms. The Morgan fingerprint density at radius 3 is 2.24 bits per heavy atom. The van der Waals surface area contributed by atoms with Crippen LogP contribution in [0.4, 0.5) is 13.2 Å². The van der Waals surface area contributed by atoms with Crippen LogP contribution in [-0.4, -0.2) is 0 Å². The summed E-state index contributed by atoms with van der Waals surface area (Å²) in [5, 5.41) is 0. The predicted molar refractivity (Wildman–Crippen MR) is 62.0 cm³/mol. The van der Waals surface area contributed by atoms with E-state index in [1.165, 1.54) is 6.42 Å². The lowest BCUT2D eigenvalue weighted by Gasteiger charge is -1.96. The third-order valence-corrected chi connectivity index (χ3v) is 2.37. The lowest BCUT2D eigenvalue weighted by Crippen LogP contribution is -1.91. The highest BCUT2D eigenvalue weighted by atomic mass is 19.2. The molecule has 3 heteroatoms. The first-order valence-electron chi connectivity index (χ1n) is 5.78. The maximum atomic E-state index is 12.8. The molecule has 1 aromatic rings. The second-order valence-electron chi connectivity index (χ2n) is 3.87. The maximum Gasteiger partial charge on any atom is 0.194 e. The van der Waals surface area contributed by atoms with Crippen molar-refractivity contribution in [1.82, 2.24) is 0 Å². The molecule has 1 rings (SSSR count). The minimum Gasteiger partial charge on any atom is -0.204 e. The Balaban J connectivity index is 2.54. The molecule has 0 aliphatic heterocycles. The van der Waals surface area contributed by atoms with Crippen molar-refractivity contribution in [3.05, 3.63) is 35.1 Å². The van der Waals surface area contributed by atoms with E-state index >= 15 is 0 Å². The van der Waals surface area contributed by atoms with E-state index in [4.69, 9.17) is 0 Å². The van der Waals surface area contributed by atoms with Crippen molar-refractivity contribution in [2.75, 3.05) is 0 Å². The van der Waals surface area contributed by atoms with Gasteiger partial charge in [0.2, 0.25) is 0 Å². The van der Waals surface area contributed by atoms with Gasteiger partial charge in [-0.3, -0.25) is 0 Å². The molecular weight excluding hydrogens is 225 g/mol. The molecule has 92 valence electrons. The minimum atomic E-state index is -1.45. The Hall–Kier alpha value is -1.43. The summed E-state index contributed by atoms with van der Waals surface area (Å²) >= 11 is 0. The zero-order valence-electron chi connectivity index (χ0n) is 9.82. The van der Waals surface area contributed by atoms with E-state index in [2.05, 4.69) is 18.8 Å². The first-order valence-corrected chi connectivity index (χ1v) is 5.78. The van der Waals surface area contributed by atoms with Gasteiger partial charge >= 0.3 is 0 Å². The molecule has 0 radical (unpaired) electrons. The van der Waals surface area contributed by atoms with Crippen molar-refractivity contribution >= 4 is 0 Å². The fraction of sp³-hybridized carbons (Fsp3) is 0.429. The van der Waals surface area contributed by atoms with Crippen LogP contribution < -0.4 is 0 Å². The van der Waals surface area contributed by atoms with E-state index in [1.807, 2.05) is 0 Å². The Kier molecular flexibility index (Phi) is 5.62. The molecule has 0 bridgehead atoms. The van der Waals surface area contributed by atoms with Crippen LogP contribution in [0.25, 0.3) is 0 Å². The summed E-state index contributed by atoms with van der Waals surface area (Å²) in [6, 6.07) is 1.83. The van der Waals surface area contributed by atoms with Gasteiger partial charge in [-0.05, 0) is 18.6 Å². The second-order valence-corrected chi connectivity index (χ2v) is 3.87. The Morgan fingerprint density at radius 2 is 1.65 bits per heavy atom. The van der Waals surface area contributed by atoms with E-state index in [1.54, 1.807) is 0 Å². The predicted octanol–water partition coefficient (Wildman–Crippen LogP) is 4.43. The smallest absolute Gasteiger partial charge is 0.194 e. The summed E-state index contributed by atoms with van der Waals surface area (Å²) in [6.07, 6.45) is 5.11. The van der Waals surface area contributed by atoms with Crippen LogP contribution in [-0.2, 0) is 0 Å². The van der Waals surface area contributed by atoms with E-state index < -0.39 is 17.5 Å². The Bertz CT molecular complexity index is 404. The normalized spacial score (nSPS) is 9.88. The summed E-state index contributed by atoms with van der Waals surface area (Å²) in [6.45, 7) is 2.12. The zero-order chi connectivity index (χ0) is 12.7.